The van der Waals surface area contributed by atoms with E-state index in [4.69, 9.17) is 4.74 Å². The molecule has 2 aliphatic heterocycles. The predicted molar refractivity (Wildman–Crippen MR) is 81.9 cm³/mol. The summed E-state index contributed by atoms with van der Waals surface area (Å²) in [6.45, 7) is 1.77. The molecule has 0 spiro atoms. The van der Waals surface area contributed by atoms with Crippen molar-refractivity contribution < 1.29 is 9.53 Å². The second-order valence-electron chi connectivity index (χ2n) is 6.32. The number of carbonyl (C=O) groups excluding carboxylic acids is 1. The van der Waals surface area contributed by atoms with E-state index in [1.807, 2.05) is 0 Å². The number of aryl methyl sites for hydroxylation is 1. The molecular formula is C17H26N2O2. The highest BCUT2D eigenvalue weighted by molar-refractivity contribution is 5.76. The molecular weight excluding hydrogens is 264 g/mol. The highest BCUT2D eigenvalue weighted by Gasteiger charge is 2.29. The standard InChI is InChI=1S/C17H26N2O2/c1-18-11-4-8-15(18)16-7-2-3-12-19(16)17(20)10-9-14-6-5-13-21-14/h4,8,11,14,16H,2-3,5-7,9-10,12-13H2,1H3. The summed E-state index contributed by atoms with van der Waals surface area (Å²) in [5, 5.41) is 0. The first-order valence-corrected chi connectivity index (χ1v) is 8.28. The van der Waals surface area contributed by atoms with Gasteiger partial charge in [0.05, 0.1) is 12.1 Å². The SMILES string of the molecule is Cn1cccc1C1CCCCN1C(=O)CCC1CCCO1. The van der Waals surface area contributed by atoms with E-state index in [2.05, 4.69) is 34.8 Å². The Bertz CT molecular complexity index is 477. The zero-order valence-corrected chi connectivity index (χ0v) is 13.0. The van der Waals surface area contributed by atoms with Crippen LogP contribution in [0.25, 0.3) is 0 Å². The van der Waals surface area contributed by atoms with Crippen LogP contribution in [0.1, 0.15) is 56.7 Å². The number of carbonyl (C=O) groups is 1. The molecule has 2 atom stereocenters. The summed E-state index contributed by atoms with van der Waals surface area (Å²) < 4.78 is 7.78. The first-order chi connectivity index (χ1) is 10.3. The minimum Gasteiger partial charge on any atom is -0.378 e. The fourth-order valence-corrected chi connectivity index (χ4v) is 3.66. The van der Waals surface area contributed by atoms with Crippen LogP contribution in [-0.2, 0) is 16.6 Å². The van der Waals surface area contributed by atoms with Crippen molar-refractivity contribution in [2.45, 2.75) is 57.1 Å². The minimum absolute atomic E-state index is 0.260. The van der Waals surface area contributed by atoms with Crippen LogP contribution in [-0.4, -0.2) is 34.6 Å². The number of nitrogens with zero attached hydrogens (tertiary/aromatic N) is 2. The molecule has 116 valence electrons. The second kappa shape index (κ2) is 6.65. The maximum absolute atomic E-state index is 12.6. The number of rotatable bonds is 4. The first kappa shape index (κ1) is 14.6. The van der Waals surface area contributed by atoms with Gasteiger partial charge < -0.3 is 14.2 Å². The molecule has 2 saturated heterocycles. The lowest BCUT2D eigenvalue weighted by molar-refractivity contribution is -0.135. The topological polar surface area (TPSA) is 34.5 Å². The number of ether oxygens (including phenoxy) is 1. The van der Waals surface area contributed by atoms with Crippen LogP contribution in [0.5, 0.6) is 0 Å². The molecule has 1 aromatic rings. The monoisotopic (exact) mass is 290 g/mol. The molecule has 2 fully saturated rings. The normalized spacial score (nSPS) is 26.2. The van der Waals surface area contributed by atoms with Crippen LogP contribution in [0.3, 0.4) is 0 Å². The summed E-state index contributed by atoms with van der Waals surface area (Å²) in [4.78, 5) is 14.7. The van der Waals surface area contributed by atoms with Crippen molar-refractivity contribution >= 4 is 5.91 Å². The third-order valence-electron chi connectivity index (χ3n) is 4.85. The number of aromatic nitrogens is 1. The average Bonchev–Trinajstić information content (AvgIpc) is 3.16. The molecule has 0 radical (unpaired) electrons. The third-order valence-corrected chi connectivity index (χ3v) is 4.85. The third kappa shape index (κ3) is 3.31. The number of likely N-dealkylation sites (tertiary alicyclic amines) is 1. The van der Waals surface area contributed by atoms with Crippen LogP contribution in [0.4, 0.5) is 0 Å². The molecule has 3 heterocycles. The van der Waals surface area contributed by atoms with Crippen molar-refractivity contribution in [2.24, 2.45) is 7.05 Å². The molecule has 0 saturated carbocycles. The summed E-state index contributed by atoms with van der Waals surface area (Å²) in [7, 11) is 2.07. The van der Waals surface area contributed by atoms with E-state index in [1.54, 1.807) is 0 Å². The molecule has 4 nitrogen and oxygen atoms in total. The average molecular weight is 290 g/mol. The maximum atomic E-state index is 12.6. The van der Waals surface area contributed by atoms with Gasteiger partial charge in [-0.25, -0.2) is 0 Å². The molecule has 0 aliphatic carbocycles. The zero-order chi connectivity index (χ0) is 14.7. The fraction of sp³-hybridized carbons (Fsp3) is 0.706. The van der Waals surface area contributed by atoms with Gasteiger partial charge in [-0.2, -0.15) is 0 Å². The van der Waals surface area contributed by atoms with Crippen molar-refractivity contribution in [3.8, 4) is 0 Å². The molecule has 3 rings (SSSR count). The summed E-state index contributed by atoms with van der Waals surface area (Å²) in [6.07, 6.45) is 9.59. The molecule has 0 bridgehead atoms. The van der Waals surface area contributed by atoms with Gasteiger partial charge in [-0.05, 0) is 50.7 Å². The van der Waals surface area contributed by atoms with Gasteiger partial charge in [-0.3, -0.25) is 4.79 Å². The van der Waals surface area contributed by atoms with Gasteiger partial charge in [0.25, 0.3) is 0 Å². The molecule has 1 aromatic heterocycles. The van der Waals surface area contributed by atoms with Crippen molar-refractivity contribution in [3.05, 3.63) is 24.0 Å². The van der Waals surface area contributed by atoms with E-state index in [-0.39, 0.29) is 6.04 Å². The summed E-state index contributed by atoms with van der Waals surface area (Å²) >= 11 is 0. The lowest BCUT2D eigenvalue weighted by Crippen LogP contribution is -2.39. The van der Waals surface area contributed by atoms with Gasteiger partial charge in [0.15, 0.2) is 0 Å². The van der Waals surface area contributed by atoms with Crippen molar-refractivity contribution in [1.29, 1.82) is 0 Å². The Balaban J connectivity index is 1.63. The first-order valence-electron chi connectivity index (χ1n) is 8.28. The molecule has 1 amide bonds. The number of hydrogen-bond donors (Lipinski definition) is 0. The largest absolute Gasteiger partial charge is 0.378 e. The van der Waals surface area contributed by atoms with Crippen molar-refractivity contribution in [3.63, 3.8) is 0 Å². The Labute approximate surface area is 127 Å². The highest BCUT2D eigenvalue weighted by Crippen LogP contribution is 2.32. The summed E-state index contributed by atoms with van der Waals surface area (Å²) in [5.74, 6) is 0.302. The molecule has 0 N–H and O–H groups in total. The van der Waals surface area contributed by atoms with Gasteiger partial charge in [-0.15, -0.1) is 0 Å². The van der Waals surface area contributed by atoms with E-state index in [9.17, 15) is 4.79 Å². The van der Waals surface area contributed by atoms with E-state index in [0.29, 0.717) is 18.4 Å². The van der Waals surface area contributed by atoms with Crippen molar-refractivity contribution in [2.75, 3.05) is 13.2 Å². The maximum Gasteiger partial charge on any atom is 0.223 e. The predicted octanol–water partition coefficient (Wildman–Crippen LogP) is 3.04. The van der Waals surface area contributed by atoms with Gasteiger partial charge >= 0.3 is 0 Å². The zero-order valence-electron chi connectivity index (χ0n) is 13.0. The van der Waals surface area contributed by atoms with E-state index < -0.39 is 0 Å². The molecule has 2 aliphatic rings. The van der Waals surface area contributed by atoms with Crippen LogP contribution >= 0.6 is 0 Å². The number of hydrogen-bond acceptors (Lipinski definition) is 2. The van der Waals surface area contributed by atoms with Crippen LogP contribution in [0.15, 0.2) is 18.3 Å². The van der Waals surface area contributed by atoms with Gasteiger partial charge in [0.2, 0.25) is 5.91 Å². The van der Waals surface area contributed by atoms with Gasteiger partial charge in [-0.1, -0.05) is 0 Å². The highest BCUT2D eigenvalue weighted by atomic mass is 16.5. The minimum atomic E-state index is 0.260. The second-order valence-corrected chi connectivity index (χ2v) is 6.32. The molecule has 0 aromatic carbocycles. The Morgan fingerprint density at radius 2 is 2.24 bits per heavy atom. The van der Waals surface area contributed by atoms with E-state index in [0.717, 1.165) is 45.3 Å². The van der Waals surface area contributed by atoms with Crippen LogP contribution in [0, 0.1) is 0 Å². The lowest BCUT2D eigenvalue weighted by atomic mass is 9.98. The van der Waals surface area contributed by atoms with E-state index >= 15 is 0 Å². The smallest absolute Gasteiger partial charge is 0.223 e. The Morgan fingerprint density at radius 1 is 1.33 bits per heavy atom. The van der Waals surface area contributed by atoms with Gasteiger partial charge in [0.1, 0.15) is 0 Å². The van der Waals surface area contributed by atoms with Crippen LogP contribution in [0.2, 0.25) is 0 Å². The summed E-state index contributed by atoms with van der Waals surface area (Å²) in [6, 6.07) is 4.48. The molecule has 2 unspecified atom stereocenters. The quantitative estimate of drug-likeness (QED) is 0.854. The molecule has 21 heavy (non-hydrogen) atoms. The Kier molecular flexibility index (Phi) is 4.63. The number of piperidine rings is 1. The van der Waals surface area contributed by atoms with Crippen molar-refractivity contribution in [1.82, 2.24) is 9.47 Å². The Morgan fingerprint density at radius 3 is 2.95 bits per heavy atom. The summed E-state index contributed by atoms with van der Waals surface area (Å²) in [5.41, 5.74) is 1.26. The van der Waals surface area contributed by atoms with Crippen LogP contribution < -0.4 is 0 Å². The lowest BCUT2D eigenvalue weighted by Gasteiger charge is -2.36. The van der Waals surface area contributed by atoms with E-state index in [1.165, 1.54) is 12.1 Å². The molecule has 4 heteroatoms. The Hall–Kier alpha value is -1.29. The fourth-order valence-electron chi connectivity index (χ4n) is 3.66. The van der Waals surface area contributed by atoms with Gasteiger partial charge in [0, 0.05) is 38.5 Å². The number of amides is 1.